The van der Waals surface area contributed by atoms with E-state index in [9.17, 15) is 4.79 Å². The van der Waals surface area contributed by atoms with Crippen molar-refractivity contribution in [1.29, 1.82) is 0 Å². The molecule has 0 fully saturated rings. The lowest BCUT2D eigenvalue weighted by molar-refractivity contribution is 0.357. The van der Waals surface area contributed by atoms with Crippen LogP contribution in [-0.4, -0.2) is 17.7 Å². The van der Waals surface area contributed by atoms with Gasteiger partial charge in [0.2, 0.25) is 0 Å². The highest BCUT2D eigenvalue weighted by molar-refractivity contribution is 5.77. The summed E-state index contributed by atoms with van der Waals surface area (Å²) in [4.78, 5) is 11.5. The van der Waals surface area contributed by atoms with Crippen molar-refractivity contribution in [1.82, 2.24) is 4.57 Å². The number of oxazole rings is 1. The van der Waals surface area contributed by atoms with Crippen LogP contribution in [0.3, 0.4) is 0 Å². The monoisotopic (exact) mass is 310 g/mol. The Labute approximate surface area is 133 Å². The molecule has 0 saturated carbocycles. The first-order valence-corrected chi connectivity index (χ1v) is 7.79. The van der Waals surface area contributed by atoms with Crippen LogP contribution in [0.4, 0.5) is 5.69 Å². The van der Waals surface area contributed by atoms with Gasteiger partial charge in [0, 0.05) is 25.7 Å². The van der Waals surface area contributed by atoms with E-state index in [1.54, 1.807) is 7.05 Å². The normalized spacial score (nSPS) is 13.1. The zero-order valence-corrected chi connectivity index (χ0v) is 13.0. The third kappa shape index (κ3) is 2.59. The molecule has 0 radical (unpaired) electrons. The molecular weight excluding hydrogens is 292 g/mol. The van der Waals surface area contributed by atoms with Gasteiger partial charge in [-0.1, -0.05) is 12.1 Å². The fourth-order valence-electron chi connectivity index (χ4n) is 2.98. The van der Waals surface area contributed by atoms with Crippen LogP contribution in [-0.2, 0) is 19.9 Å². The fraction of sp³-hybridized carbons (Fsp3) is 0.278. The fourth-order valence-corrected chi connectivity index (χ4v) is 2.98. The van der Waals surface area contributed by atoms with Crippen LogP contribution in [0, 0.1) is 0 Å². The molecule has 0 aliphatic carbocycles. The lowest BCUT2D eigenvalue weighted by Crippen LogP contribution is -2.08. The second-order valence-corrected chi connectivity index (χ2v) is 5.83. The smallest absolute Gasteiger partial charge is 0.419 e. The molecule has 118 valence electrons. The van der Waals surface area contributed by atoms with Crippen molar-refractivity contribution < 1.29 is 9.15 Å². The molecule has 1 aromatic heterocycles. The Morgan fingerprint density at radius 3 is 3.04 bits per heavy atom. The van der Waals surface area contributed by atoms with E-state index in [2.05, 4.69) is 23.5 Å². The molecule has 23 heavy (non-hydrogen) atoms. The summed E-state index contributed by atoms with van der Waals surface area (Å²) in [6.07, 6.45) is 1.94. The Bertz CT molecular complexity index is 924. The maximum Gasteiger partial charge on any atom is 0.419 e. The Hall–Kier alpha value is -2.69. The van der Waals surface area contributed by atoms with Crippen LogP contribution in [0.1, 0.15) is 11.1 Å². The molecule has 4 rings (SSSR count). The molecule has 0 saturated heterocycles. The summed E-state index contributed by atoms with van der Waals surface area (Å²) < 4.78 is 12.2. The molecule has 5 heteroatoms. The maximum absolute atomic E-state index is 11.5. The van der Waals surface area contributed by atoms with Crippen molar-refractivity contribution in [2.75, 3.05) is 18.5 Å². The molecule has 3 aromatic rings. The molecule has 5 nitrogen and oxygen atoms in total. The van der Waals surface area contributed by atoms with Crippen molar-refractivity contribution in [3.63, 3.8) is 0 Å². The van der Waals surface area contributed by atoms with E-state index in [1.165, 1.54) is 15.7 Å². The van der Waals surface area contributed by atoms with Gasteiger partial charge in [-0.3, -0.25) is 4.57 Å². The van der Waals surface area contributed by atoms with E-state index >= 15 is 0 Å². The minimum atomic E-state index is -0.336. The van der Waals surface area contributed by atoms with Crippen LogP contribution in [0.25, 0.3) is 11.1 Å². The van der Waals surface area contributed by atoms with Crippen molar-refractivity contribution >= 4 is 16.8 Å². The molecule has 0 bridgehead atoms. The highest BCUT2D eigenvalue weighted by Crippen LogP contribution is 2.26. The van der Waals surface area contributed by atoms with Crippen LogP contribution < -0.4 is 15.8 Å². The van der Waals surface area contributed by atoms with Gasteiger partial charge in [-0.2, -0.15) is 0 Å². The molecule has 1 aliphatic heterocycles. The Morgan fingerprint density at radius 2 is 2.13 bits per heavy atom. The van der Waals surface area contributed by atoms with Crippen LogP contribution in [0.15, 0.2) is 45.6 Å². The number of rotatable bonds is 4. The summed E-state index contributed by atoms with van der Waals surface area (Å²) in [5, 5.41) is 3.40. The van der Waals surface area contributed by atoms with Crippen molar-refractivity contribution in [3.05, 3.63) is 58.1 Å². The molecule has 1 aliphatic rings. The minimum absolute atomic E-state index is 0.336. The van der Waals surface area contributed by atoms with Gasteiger partial charge in [0.05, 0.1) is 12.1 Å². The first kappa shape index (κ1) is 13.9. The molecular formula is C18H18N2O3. The molecule has 1 N–H and O–H groups in total. The summed E-state index contributed by atoms with van der Waals surface area (Å²) in [5.74, 6) is 0.686. The molecule has 0 atom stereocenters. The molecule has 2 heterocycles. The topological polar surface area (TPSA) is 56.4 Å². The van der Waals surface area contributed by atoms with Gasteiger partial charge in [-0.05, 0) is 41.8 Å². The summed E-state index contributed by atoms with van der Waals surface area (Å²) in [6, 6.07) is 12.1. The number of ether oxygens (including phenoxy) is 1. The van der Waals surface area contributed by atoms with Crippen molar-refractivity contribution in [2.45, 2.75) is 12.8 Å². The van der Waals surface area contributed by atoms with Gasteiger partial charge in [-0.25, -0.2) is 4.79 Å². The van der Waals surface area contributed by atoms with E-state index in [-0.39, 0.29) is 5.76 Å². The quantitative estimate of drug-likeness (QED) is 0.805. The van der Waals surface area contributed by atoms with E-state index in [4.69, 9.17) is 9.15 Å². The van der Waals surface area contributed by atoms with E-state index in [0.29, 0.717) is 5.58 Å². The number of nitrogens with zero attached hydrogens (tertiary/aromatic N) is 1. The average Bonchev–Trinajstić information content (AvgIpc) is 3.13. The molecule has 0 spiro atoms. The second-order valence-electron chi connectivity index (χ2n) is 5.83. The summed E-state index contributed by atoms with van der Waals surface area (Å²) in [6.45, 7) is 1.62. The number of hydrogen-bond donors (Lipinski definition) is 1. The van der Waals surface area contributed by atoms with Gasteiger partial charge < -0.3 is 14.5 Å². The van der Waals surface area contributed by atoms with Gasteiger partial charge in [-0.15, -0.1) is 0 Å². The van der Waals surface area contributed by atoms with E-state index < -0.39 is 0 Å². The number of aromatic nitrogens is 1. The number of nitrogens with one attached hydrogen (secondary N) is 1. The standard InChI is InChI=1S/C18H18N2O3/c1-20-15-11-14(3-5-17(15)23-18(20)21)19-8-6-12-2-4-16-13(10-12)7-9-22-16/h2-5,10-11,19H,6-9H2,1H3. The highest BCUT2D eigenvalue weighted by Gasteiger charge is 2.11. The number of hydrogen-bond acceptors (Lipinski definition) is 4. The number of benzene rings is 2. The predicted molar refractivity (Wildman–Crippen MR) is 89.3 cm³/mol. The maximum atomic E-state index is 11.5. The minimum Gasteiger partial charge on any atom is -0.493 e. The van der Waals surface area contributed by atoms with Crippen molar-refractivity contribution in [2.24, 2.45) is 7.05 Å². The van der Waals surface area contributed by atoms with Crippen LogP contribution in [0.2, 0.25) is 0 Å². The highest BCUT2D eigenvalue weighted by atomic mass is 16.5. The lowest BCUT2D eigenvalue weighted by Gasteiger charge is -2.08. The van der Waals surface area contributed by atoms with Crippen molar-refractivity contribution in [3.8, 4) is 5.75 Å². The third-order valence-electron chi connectivity index (χ3n) is 4.29. The number of anilines is 1. The van der Waals surface area contributed by atoms with E-state index in [0.717, 1.165) is 42.9 Å². The second kappa shape index (κ2) is 5.50. The van der Waals surface area contributed by atoms with Crippen LogP contribution in [0.5, 0.6) is 5.75 Å². The zero-order valence-electron chi connectivity index (χ0n) is 13.0. The van der Waals surface area contributed by atoms with E-state index in [1.807, 2.05) is 18.2 Å². The lowest BCUT2D eigenvalue weighted by atomic mass is 10.1. The Kier molecular flexibility index (Phi) is 3.33. The zero-order chi connectivity index (χ0) is 15.8. The molecule has 2 aromatic carbocycles. The Balaban J connectivity index is 1.45. The van der Waals surface area contributed by atoms with Gasteiger partial charge in [0.15, 0.2) is 5.58 Å². The first-order chi connectivity index (χ1) is 11.2. The average molecular weight is 310 g/mol. The van der Waals surface area contributed by atoms with Crippen LogP contribution >= 0.6 is 0 Å². The predicted octanol–water partition coefficient (Wildman–Crippen LogP) is 2.72. The van der Waals surface area contributed by atoms with Gasteiger partial charge in [0.25, 0.3) is 0 Å². The van der Waals surface area contributed by atoms with Gasteiger partial charge >= 0.3 is 5.76 Å². The number of aryl methyl sites for hydroxylation is 1. The molecule has 0 unspecified atom stereocenters. The largest absolute Gasteiger partial charge is 0.493 e. The Morgan fingerprint density at radius 1 is 1.22 bits per heavy atom. The third-order valence-corrected chi connectivity index (χ3v) is 4.29. The molecule has 0 amide bonds. The first-order valence-electron chi connectivity index (χ1n) is 7.79. The summed E-state index contributed by atoms with van der Waals surface area (Å²) in [5.41, 5.74) is 5.01. The number of fused-ring (bicyclic) bond motifs is 2. The summed E-state index contributed by atoms with van der Waals surface area (Å²) in [7, 11) is 1.71. The SMILES string of the molecule is Cn1c(=O)oc2ccc(NCCc3ccc4c(c3)CCO4)cc21. The van der Waals surface area contributed by atoms with Gasteiger partial charge in [0.1, 0.15) is 5.75 Å². The summed E-state index contributed by atoms with van der Waals surface area (Å²) >= 11 is 0.